The van der Waals surface area contributed by atoms with Crippen molar-refractivity contribution in [2.24, 2.45) is 12.0 Å². The molecule has 0 bridgehead atoms. The third-order valence-corrected chi connectivity index (χ3v) is 4.39. The SMILES string of the molecule is Cn1ncc(NC(=O)[C@H](CCCNC(=O)OC(C)(C)C)N=C(NC(=O)OC(C)(C)C)NC(=O)OC(C)(C)C)c1N. The molecule has 0 aromatic carbocycles. The zero-order chi connectivity index (χ0) is 30.9. The Labute approximate surface area is 234 Å². The van der Waals surface area contributed by atoms with Crippen LogP contribution in [0.1, 0.15) is 75.2 Å². The van der Waals surface area contributed by atoms with Crippen molar-refractivity contribution >= 4 is 41.7 Å². The van der Waals surface area contributed by atoms with E-state index in [0.29, 0.717) is 0 Å². The molecular weight excluding hydrogens is 524 g/mol. The van der Waals surface area contributed by atoms with Crippen molar-refractivity contribution in [3.63, 3.8) is 0 Å². The molecule has 0 fully saturated rings. The fraction of sp³-hybridized carbons (Fsp3) is 0.680. The van der Waals surface area contributed by atoms with Crippen LogP contribution in [0.5, 0.6) is 0 Å². The van der Waals surface area contributed by atoms with Gasteiger partial charge in [0.15, 0.2) is 0 Å². The number of nitrogens with one attached hydrogen (secondary N) is 4. The Kier molecular flexibility index (Phi) is 11.8. The van der Waals surface area contributed by atoms with Crippen LogP contribution in [0, 0.1) is 0 Å². The van der Waals surface area contributed by atoms with Crippen molar-refractivity contribution in [2.75, 3.05) is 17.6 Å². The number of aryl methyl sites for hydroxylation is 1. The lowest BCUT2D eigenvalue weighted by Gasteiger charge is -2.23. The average molecular weight is 569 g/mol. The largest absolute Gasteiger partial charge is 0.444 e. The number of hydrogen-bond acceptors (Lipinski definition) is 10. The van der Waals surface area contributed by atoms with Gasteiger partial charge in [-0.25, -0.2) is 19.4 Å². The minimum atomic E-state index is -1.15. The van der Waals surface area contributed by atoms with E-state index in [9.17, 15) is 19.2 Å². The number of nitrogen functional groups attached to an aromatic ring is 1. The smallest absolute Gasteiger partial charge is 0.414 e. The number of aromatic nitrogens is 2. The van der Waals surface area contributed by atoms with Crippen molar-refractivity contribution in [3.8, 4) is 0 Å². The average Bonchev–Trinajstić information content (AvgIpc) is 3.03. The Hall–Kier alpha value is -4.04. The van der Waals surface area contributed by atoms with Gasteiger partial charge in [0.05, 0.1) is 6.20 Å². The minimum Gasteiger partial charge on any atom is -0.444 e. The molecule has 1 atom stereocenters. The van der Waals surface area contributed by atoms with E-state index in [0.717, 1.165) is 0 Å². The highest BCUT2D eigenvalue weighted by Gasteiger charge is 2.25. The molecule has 0 unspecified atom stereocenters. The first-order valence-corrected chi connectivity index (χ1v) is 12.8. The van der Waals surface area contributed by atoms with Crippen LogP contribution in [-0.4, -0.2) is 69.3 Å². The summed E-state index contributed by atoms with van der Waals surface area (Å²) < 4.78 is 17.1. The normalized spacial score (nSPS) is 12.4. The zero-order valence-electron chi connectivity index (χ0n) is 25.1. The van der Waals surface area contributed by atoms with E-state index in [2.05, 4.69) is 31.4 Å². The van der Waals surface area contributed by atoms with Gasteiger partial charge in [-0.2, -0.15) is 5.10 Å². The van der Waals surface area contributed by atoms with Crippen LogP contribution in [0.3, 0.4) is 0 Å². The minimum absolute atomic E-state index is 0.0945. The van der Waals surface area contributed by atoms with Gasteiger partial charge in [0, 0.05) is 13.6 Å². The van der Waals surface area contributed by atoms with E-state index < -0.39 is 47.0 Å². The molecule has 0 aliphatic heterocycles. The van der Waals surface area contributed by atoms with E-state index in [-0.39, 0.29) is 36.9 Å². The lowest BCUT2D eigenvalue weighted by atomic mass is 10.1. The molecule has 40 heavy (non-hydrogen) atoms. The molecule has 0 spiro atoms. The summed E-state index contributed by atoms with van der Waals surface area (Å²) in [7, 11) is 1.61. The van der Waals surface area contributed by atoms with Gasteiger partial charge in [-0.15, -0.1) is 0 Å². The van der Waals surface area contributed by atoms with Gasteiger partial charge in [0.25, 0.3) is 0 Å². The highest BCUT2D eigenvalue weighted by atomic mass is 16.6. The number of ether oxygens (including phenoxy) is 3. The summed E-state index contributed by atoms with van der Waals surface area (Å²) in [6.45, 7) is 15.4. The molecule has 1 aromatic rings. The van der Waals surface area contributed by atoms with Gasteiger partial charge in [0.1, 0.15) is 34.4 Å². The fourth-order valence-electron chi connectivity index (χ4n) is 2.87. The molecule has 0 aliphatic rings. The summed E-state index contributed by atoms with van der Waals surface area (Å²) >= 11 is 0. The maximum atomic E-state index is 13.2. The highest BCUT2D eigenvalue weighted by molar-refractivity contribution is 6.04. The number of amides is 4. The summed E-state index contributed by atoms with van der Waals surface area (Å²) in [4.78, 5) is 54.5. The maximum absolute atomic E-state index is 13.2. The van der Waals surface area contributed by atoms with Gasteiger partial charge in [-0.3, -0.25) is 20.1 Å². The van der Waals surface area contributed by atoms with E-state index in [1.165, 1.54) is 10.9 Å². The van der Waals surface area contributed by atoms with Crippen LogP contribution in [-0.2, 0) is 26.1 Å². The molecule has 4 amide bonds. The van der Waals surface area contributed by atoms with E-state index in [1.54, 1.807) is 69.4 Å². The number of carbonyl (C=O) groups excluding carboxylic acids is 4. The van der Waals surface area contributed by atoms with Crippen molar-refractivity contribution in [1.82, 2.24) is 25.7 Å². The van der Waals surface area contributed by atoms with Crippen molar-refractivity contribution < 1.29 is 33.4 Å². The second kappa shape index (κ2) is 13.8. The van der Waals surface area contributed by atoms with E-state index >= 15 is 0 Å². The summed E-state index contributed by atoms with van der Waals surface area (Å²) in [5.41, 5.74) is 3.84. The van der Waals surface area contributed by atoms with E-state index in [1.807, 2.05) is 0 Å². The molecule has 1 aromatic heterocycles. The molecule has 1 rings (SSSR count). The van der Waals surface area contributed by atoms with Crippen LogP contribution in [0.4, 0.5) is 25.9 Å². The Bertz CT molecular complexity index is 1050. The number of nitrogens with two attached hydrogens (primary N) is 1. The standard InChI is InChI=1S/C25H44N8O7/c1-23(2,3)38-20(35)27-13-11-12-15(18(34)29-16-14-28-33(10)17(16)26)30-19(31-21(36)39-24(4,5)6)32-22(37)40-25(7,8)9/h14-15H,11-13,26H2,1-10H3,(H,27,35)(H,29,34)(H2,30,31,32,36,37)/t15-/m0/s1. The summed E-state index contributed by atoms with van der Waals surface area (Å²) in [6, 6.07) is -1.15. The number of hydrogen-bond donors (Lipinski definition) is 5. The third kappa shape index (κ3) is 14.2. The third-order valence-electron chi connectivity index (χ3n) is 4.39. The van der Waals surface area contributed by atoms with Gasteiger partial charge < -0.3 is 30.6 Å². The lowest BCUT2D eigenvalue weighted by molar-refractivity contribution is -0.117. The fourth-order valence-corrected chi connectivity index (χ4v) is 2.87. The molecule has 1 heterocycles. The van der Waals surface area contributed by atoms with Crippen LogP contribution >= 0.6 is 0 Å². The number of alkyl carbamates (subject to hydrolysis) is 3. The zero-order valence-corrected chi connectivity index (χ0v) is 25.1. The lowest BCUT2D eigenvalue weighted by Crippen LogP contribution is -2.48. The molecule has 15 nitrogen and oxygen atoms in total. The number of anilines is 2. The molecule has 0 saturated carbocycles. The number of carbonyl (C=O) groups is 4. The molecule has 15 heteroatoms. The first-order valence-electron chi connectivity index (χ1n) is 12.8. The summed E-state index contributed by atoms with van der Waals surface area (Å²) in [6.07, 6.45) is -0.683. The summed E-state index contributed by atoms with van der Waals surface area (Å²) in [5, 5.41) is 14.0. The van der Waals surface area contributed by atoms with Gasteiger partial charge >= 0.3 is 18.3 Å². The van der Waals surface area contributed by atoms with Crippen molar-refractivity contribution in [1.29, 1.82) is 0 Å². The number of nitrogens with zero attached hydrogens (tertiary/aromatic N) is 3. The first kappa shape index (κ1) is 34.0. The van der Waals surface area contributed by atoms with Crippen LogP contribution in [0.25, 0.3) is 0 Å². The maximum Gasteiger partial charge on any atom is 0.414 e. The Morgan fingerprint density at radius 1 is 0.900 bits per heavy atom. The predicted octanol–water partition coefficient (Wildman–Crippen LogP) is 3.02. The van der Waals surface area contributed by atoms with Gasteiger partial charge in [-0.1, -0.05) is 0 Å². The van der Waals surface area contributed by atoms with Crippen molar-refractivity contribution in [2.45, 2.75) is 98.0 Å². The quantitative estimate of drug-likeness (QED) is 0.142. The topological polar surface area (TPSA) is 200 Å². The Morgan fingerprint density at radius 2 is 1.38 bits per heavy atom. The highest BCUT2D eigenvalue weighted by Crippen LogP contribution is 2.17. The van der Waals surface area contributed by atoms with Crippen LogP contribution in [0.2, 0.25) is 0 Å². The first-order chi connectivity index (χ1) is 18.1. The monoisotopic (exact) mass is 568 g/mol. The Balaban J connectivity index is 3.21. The summed E-state index contributed by atoms with van der Waals surface area (Å²) in [5.74, 6) is -0.768. The second-order valence-electron chi connectivity index (χ2n) is 11.9. The Morgan fingerprint density at radius 3 is 1.80 bits per heavy atom. The molecule has 0 aliphatic carbocycles. The number of aliphatic imine (C=N–C) groups is 1. The molecule has 6 N–H and O–H groups in total. The van der Waals surface area contributed by atoms with Gasteiger partial charge in [-0.05, 0) is 75.2 Å². The second-order valence-corrected chi connectivity index (χ2v) is 11.9. The van der Waals surface area contributed by atoms with Crippen LogP contribution in [0.15, 0.2) is 11.2 Å². The number of guanidine groups is 1. The molecule has 0 radical (unpaired) electrons. The number of rotatable bonds is 7. The van der Waals surface area contributed by atoms with Crippen molar-refractivity contribution in [3.05, 3.63) is 6.20 Å². The molecule has 0 saturated heterocycles. The van der Waals surface area contributed by atoms with E-state index in [4.69, 9.17) is 19.9 Å². The molecule has 226 valence electrons. The molecular formula is C25H44N8O7. The predicted molar refractivity (Wildman–Crippen MR) is 150 cm³/mol. The van der Waals surface area contributed by atoms with Crippen LogP contribution < -0.4 is 27.0 Å². The van der Waals surface area contributed by atoms with Gasteiger partial charge in [0.2, 0.25) is 11.9 Å².